The van der Waals surface area contributed by atoms with Gasteiger partial charge in [0.1, 0.15) is 17.5 Å². The number of hydrogen-bond donors (Lipinski definition) is 1. The van der Waals surface area contributed by atoms with E-state index in [1.807, 2.05) is 13.0 Å². The van der Waals surface area contributed by atoms with Gasteiger partial charge in [-0.15, -0.1) is 0 Å². The molecule has 1 aromatic carbocycles. The Morgan fingerprint density at radius 2 is 1.84 bits per heavy atom. The lowest BCUT2D eigenvalue weighted by Gasteiger charge is -2.34. The lowest BCUT2D eigenvalue weighted by Crippen LogP contribution is -2.51. The maximum Gasteiger partial charge on any atom is 0.306 e. The Labute approximate surface area is 220 Å². The first-order valence-electron chi connectivity index (χ1n) is 13.9. The van der Waals surface area contributed by atoms with Crippen molar-refractivity contribution in [3.8, 4) is 0 Å². The summed E-state index contributed by atoms with van der Waals surface area (Å²) >= 11 is 0. The molecule has 37 heavy (non-hydrogen) atoms. The summed E-state index contributed by atoms with van der Waals surface area (Å²) in [5.74, 6) is 1.08. The number of carbonyl (C=O) groups excluding carboxylic acids is 2. The van der Waals surface area contributed by atoms with Crippen molar-refractivity contribution in [2.45, 2.75) is 95.6 Å². The first-order chi connectivity index (χ1) is 17.7. The SMILES string of the molecule is Cc1cc(CCC2CCC(=O)O2)ccc1CCS(=O)(=O)N1CCC2(CC1)N=C(C1CCCCC1)NC2=O. The molecule has 1 aliphatic carbocycles. The third-order valence-corrected chi connectivity index (χ3v) is 10.6. The highest BCUT2D eigenvalue weighted by Gasteiger charge is 2.48. The van der Waals surface area contributed by atoms with Crippen molar-refractivity contribution in [3.63, 3.8) is 0 Å². The number of amides is 1. The average molecular weight is 530 g/mol. The minimum atomic E-state index is -3.43. The fraction of sp³-hybridized carbons (Fsp3) is 0.679. The Morgan fingerprint density at radius 1 is 1.08 bits per heavy atom. The van der Waals surface area contributed by atoms with Crippen molar-refractivity contribution < 1.29 is 22.7 Å². The maximum atomic E-state index is 13.2. The zero-order chi connectivity index (χ0) is 26.0. The lowest BCUT2D eigenvalue weighted by atomic mass is 9.88. The largest absolute Gasteiger partial charge is 0.462 e. The van der Waals surface area contributed by atoms with E-state index >= 15 is 0 Å². The number of benzene rings is 1. The van der Waals surface area contributed by atoms with Gasteiger partial charge in [-0.2, -0.15) is 0 Å². The van der Waals surface area contributed by atoms with Crippen molar-refractivity contribution in [2.75, 3.05) is 18.8 Å². The summed E-state index contributed by atoms with van der Waals surface area (Å²) in [5.41, 5.74) is 2.50. The van der Waals surface area contributed by atoms with Gasteiger partial charge in [0.2, 0.25) is 10.0 Å². The van der Waals surface area contributed by atoms with Crippen LogP contribution in [0.3, 0.4) is 0 Å². The van der Waals surface area contributed by atoms with Gasteiger partial charge in [-0.05, 0) is 75.0 Å². The first-order valence-corrected chi connectivity index (χ1v) is 15.5. The molecule has 1 unspecified atom stereocenters. The van der Waals surface area contributed by atoms with Gasteiger partial charge in [-0.3, -0.25) is 14.6 Å². The molecule has 3 aliphatic heterocycles. The number of nitrogens with one attached hydrogen (secondary N) is 1. The molecule has 1 spiro atoms. The molecule has 0 aromatic heterocycles. The van der Waals surface area contributed by atoms with Crippen molar-refractivity contribution in [1.29, 1.82) is 0 Å². The number of aliphatic imine (C=N–C) groups is 1. The Morgan fingerprint density at radius 3 is 2.51 bits per heavy atom. The van der Waals surface area contributed by atoms with Gasteiger partial charge in [0, 0.05) is 25.4 Å². The number of esters is 1. The second kappa shape index (κ2) is 10.8. The third-order valence-electron chi connectivity index (χ3n) is 8.69. The summed E-state index contributed by atoms with van der Waals surface area (Å²) in [7, 11) is -3.43. The average Bonchev–Trinajstić information content (AvgIpc) is 3.45. The molecule has 2 saturated heterocycles. The number of piperidine rings is 1. The zero-order valence-corrected chi connectivity index (χ0v) is 22.7. The fourth-order valence-corrected chi connectivity index (χ4v) is 7.73. The third kappa shape index (κ3) is 5.93. The Hall–Kier alpha value is -2.26. The molecule has 202 valence electrons. The van der Waals surface area contributed by atoms with Gasteiger partial charge in [0.25, 0.3) is 5.91 Å². The van der Waals surface area contributed by atoms with Gasteiger partial charge in [0.15, 0.2) is 0 Å². The molecular formula is C28H39N3O5S. The number of hydrogen-bond acceptors (Lipinski definition) is 6. The predicted molar refractivity (Wildman–Crippen MR) is 142 cm³/mol. The van der Waals surface area contributed by atoms with E-state index in [0.29, 0.717) is 44.7 Å². The van der Waals surface area contributed by atoms with E-state index < -0.39 is 15.6 Å². The van der Waals surface area contributed by atoms with Crippen LogP contribution in [-0.2, 0) is 37.2 Å². The predicted octanol–water partition coefficient (Wildman–Crippen LogP) is 3.45. The van der Waals surface area contributed by atoms with Gasteiger partial charge in [-0.25, -0.2) is 12.7 Å². The number of nitrogens with zero attached hydrogens (tertiary/aromatic N) is 2. The summed E-state index contributed by atoms with van der Waals surface area (Å²) in [4.78, 5) is 29.0. The van der Waals surface area contributed by atoms with E-state index in [2.05, 4.69) is 17.4 Å². The Balaban J connectivity index is 1.13. The van der Waals surface area contributed by atoms with Crippen LogP contribution in [-0.4, -0.2) is 60.9 Å². The van der Waals surface area contributed by atoms with Gasteiger partial charge >= 0.3 is 5.97 Å². The standard InChI is InChI=1S/C28H39N3O5S/c1-20-19-21(8-10-24-11-12-25(32)36-24)7-9-22(20)13-18-37(34,35)31-16-14-28(15-17-31)27(33)29-26(30-28)23-5-3-2-4-6-23/h7,9,19,23-24H,2-6,8,10-18H2,1H3,(H,29,30,33). The molecule has 1 saturated carbocycles. The number of rotatable bonds is 8. The second-order valence-corrected chi connectivity index (χ2v) is 13.3. The molecule has 0 radical (unpaired) electrons. The van der Waals surface area contributed by atoms with Gasteiger partial charge in [-0.1, -0.05) is 37.5 Å². The van der Waals surface area contributed by atoms with Crippen molar-refractivity contribution in [2.24, 2.45) is 10.9 Å². The van der Waals surface area contributed by atoms with E-state index in [4.69, 9.17) is 9.73 Å². The van der Waals surface area contributed by atoms with Crippen LogP contribution in [0.5, 0.6) is 0 Å². The fourth-order valence-electron chi connectivity index (χ4n) is 6.26. The first kappa shape index (κ1) is 26.4. The van der Waals surface area contributed by atoms with Gasteiger partial charge < -0.3 is 10.1 Å². The van der Waals surface area contributed by atoms with E-state index in [-0.39, 0.29) is 23.7 Å². The molecule has 8 nitrogen and oxygen atoms in total. The van der Waals surface area contributed by atoms with Crippen LogP contribution in [0, 0.1) is 12.8 Å². The summed E-state index contributed by atoms with van der Waals surface area (Å²) in [6.45, 7) is 2.69. The van der Waals surface area contributed by atoms with Crippen LogP contribution < -0.4 is 5.32 Å². The molecule has 4 aliphatic rings. The lowest BCUT2D eigenvalue weighted by molar-refractivity contribution is -0.141. The second-order valence-electron chi connectivity index (χ2n) is 11.2. The molecule has 1 aromatic rings. The minimum Gasteiger partial charge on any atom is -0.462 e. The molecule has 5 rings (SSSR count). The molecule has 1 atom stereocenters. The number of carbonyl (C=O) groups is 2. The number of aryl methyl sites for hydroxylation is 3. The highest BCUT2D eigenvalue weighted by molar-refractivity contribution is 7.89. The summed E-state index contributed by atoms with van der Waals surface area (Å²) in [5, 5.41) is 3.04. The maximum absolute atomic E-state index is 13.2. The number of ether oxygens (including phenoxy) is 1. The minimum absolute atomic E-state index is 0.0150. The molecule has 1 amide bonds. The molecular weight excluding hydrogens is 490 g/mol. The van der Waals surface area contributed by atoms with Crippen LogP contribution in [0.2, 0.25) is 0 Å². The monoisotopic (exact) mass is 529 g/mol. The highest BCUT2D eigenvalue weighted by Crippen LogP contribution is 2.35. The normalized spacial score (nSPS) is 24.8. The van der Waals surface area contributed by atoms with Crippen molar-refractivity contribution in [3.05, 3.63) is 34.9 Å². The van der Waals surface area contributed by atoms with Crippen molar-refractivity contribution in [1.82, 2.24) is 9.62 Å². The van der Waals surface area contributed by atoms with Crippen LogP contribution in [0.4, 0.5) is 0 Å². The van der Waals surface area contributed by atoms with Crippen molar-refractivity contribution >= 4 is 27.7 Å². The smallest absolute Gasteiger partial charge is 0.306 e. The number of sulfonamides is 1. The topological polar surface area (TPSA) is 105 Å². The molecule has 9 heteroatoms. The van der Waals surface area contributed by atoms with Crippen LogP contribution in [0.1, 0.15) is 80.9 Å². The highest BCUT2D eigenvalue weighted by atomic mass is 32.2. The van der Waals surface area contributed by atoms with E-state index in [1.54, 1.807) is 4.31 Å². The summed E-state index contributed by atoms with van der Waals surface area (Å²) in [6, 6.07) is 6.19. The molecule has 3 fully saturated rings. The van der Waals surface area contributed by atoms with Crippen LogP contribution in [0.25, 0.3) is 0 Å². The number of amidine groups is 1. The van der Waals surface area contributed by atoms with E-state index in [0.717, 1.165) is 49.1 Å². The van der Waals surface area contributed by atoms with Crippen LogP contribution in [0.15, 0.2) is 23.2 Å². The van der Waals surface area contributed by atoms with E-state index in [1.165, 1.54) is 24.8 Å². The Kier molecular flexibility index (Phi) is 7.73. The molecule has 3 heterocycles. The van der Waals surface area contributed by atoms with Crippen LogP contribution >= 0.6 is 0 Å². The zero-order valence-electron chi connectivity index (χ0n) is 21.8. The molecule has 1 N–H and O–H groups in total. The Bertz CT molecular complexity index is 1160. The molecule has 0 bridgehead atoms. The number of cyclic esters (lactones) is 1. The quantitative estimate of drug-likeness (QED) is 0.520. The van der Waals surface area contributed by atoms with Gasteiger partial charge in [0.05, 0.1) is 5.75 Å². The van der Waals surface area contributed by atoms with E-state index in [9.17, 15) is 18.0 Å². The summed E-state index contributed by atoms with van der Waals surface area (Å²) in [6.07, 6.45) is 10.1. The summed E-state index contributed by atoms with van der Waals surface area (Å²) < 4.78 is 33.2.